The number of nitrogens with one attached hydrogen (secondary N) is 2. The number of amides is 1. The number of hydrogen-bond donors (Lipinski definition) is 3. The van der Waals surface area contributed by atoms with Crippen molar-refractivity contribution in [2.24, 2.45) is 5.73 Å². The van der Waals surface area contributed by atoms with Gasteiger partial charge in [-0.2, -0.15) is 0 Å². The van der Waals surface area contributed by atoms with Crippen molar-refractivity contribution in [3.8, 4) is 0 Å². The van der Waals surface area contributed by atoms with Crippen molar-refractivity contribution < 1.29 is 9.21 Å². The van der Waals surface area contributed by atoms with E-state index in [-0.39, 0.29) is 11.9 Å². The standard InChI is InChI=1S/C19H23N5O2S/c1-19(11-13(4-5-15(19)20)14-3-2-10-26-14)23-17(25)18-22-16(12-27-18)24-8-6-21-7-9-24/h2-5,10-12,15,21H,6-9,20H2,1H3,(H,23,25). The maximum Gasteiger partial charge on any atom is 0.281 e. The first-order valence-electron chi connectivity index (χ1n) is 8.99. The third-order valence-corrected chi connectivity index (χ3v) is 5.78. The molecule has 142 valence electrons. The molecule has 3 heterocycles. The summed E-state index contributed by atoms with van der Waals surface area (Å²) in [6.07, 6.45) is 7.37. The van der Waals surface area contributed by atoms with Crippen LogP contribution in [0.25, 0.3) is 5.57 Å². The van der Waals surface area contributed by atoms with Crippen LogP contribution in [0.4, 0.5) is 5.82 Å². The maximum absolute atomic E-state index is 12.8. The lowest BCUT2D eigenvalue weighted by Crippen LogP contribution is -2.56. The smallest absolute Gasteiger partial charge is 0.281 e. The van der Waals surface area contributed by atoms with E-state index in [0.717, 1.165) is 43.3 Å². The highest BCUT2D eigenvalue weighted by molar-refractivity contribution is 7.12. The Kier molecular flexibility index (Phi) is 4.86. The van der Waals surface area contributed by atoms with Gasteiger partial charge in [-0.15, -0.1) is 11.3 Å². The molecule has 1 aliphatic heterocycles. The summed E-state index contributed by atoms with van der Waals surface area (Å²) in [6.45, 7) is 5.56. The Labute approximate surface area is 161 Å². The molecule has 0 bridgehead atoms. The molecular weight excluding hydrogens is 362 g/mol. The van der Waals surface area contributed by atoms with Gasteiger partial charge in [-0.3, -0.25) is 4.79 Å². The lowest BCUT2D eigenvalue weighted by atomic mass is 9.85. The van der Waals surface area contributed by atoms with Gasteiger partial charge in [0.2, 0.25) is 0 Å². The van der Waals surface area contributed by atoms with Gasteiger partial charge >= 0.3 is 0 Å². The van der Waals surface area contributed by atoms with E-state index < -0.39 is 5.54 Å². The molecule has 2 unspecified atom stereocenters. The number of anilines is 1. The Morgan fingerprint density at radius 3 is 3.04 bits per heavy atom. The van der Waals surface area contributed by atoms with Gasteiger partial charge in [0, 0.05) is 43.2 Å². The number of piperazine rings is 1. The van der Waals surface area contributed by atoms with E-state index in [1.165, 1.54) is 11.3 Å². The number of carbonyl (C=O) groups excluding carboxylic acids is 1. The molecule has 2 aromatic heterocycles. The minimum absolute atomic E-state index is 0.218. The molecule has 1 aliphatic carbocycles. The zero-order valence-electron chi connectivity index (χ0n) is 15.1. The highest BCUT2D eigenvalue weighted by Crippen LogP contribution is 2.28. The predicted octanol–water partition coefficient (Wildman–Crippen LogP) is 1.61. The van der Waals surface area contributed by atoms with E-state index >= 15 is 0 Å². The molecule has 1 amide bonds. The number of nitrogens with two attached hydrogens (primary N) is 1. The SMILES string of the molecule is CC1(NC(=O)c2nc(N3CCNCC3)cs2)C=C(c2ccco2)C=CC1N. The van der Waals surface area contributed by atoms with Crippen LogP contribution in [0.15, 0.2) is 46.4 Å². The Hall–Kier alpha value is -2.42. The first-order valence-corrected chi connectivity index (χ1v) is 9.87. The highest BCUT2D eigenvalue weighted by atomic mass is 32.1. The normalized spacial score (nSPS) is 25.3. The van der Waals surface area contributed by atoms with Crippen molar-refractivity contribution in [3.05, 3.63) is 52.8 Å². The highest BCUT2D eigenvalue weighted by Gasteiger charge is 2.34. The molecular formula is C19H23N5O2S. The third-order valence-electron chi connectivity index (χ3n) is 4.95. The van der Waals surface area contributed by atoms with Crippen molar-refractivity contribution in [3.63, 3.8) is 0 Å². The Balaban J connectivity index is 1.51. The van der Waals surface area contributed by atoms with E-state index in [0.29, 0.717) is 5.01 Å². The van der Waals surface area contributed by atoms with E-state index in [9.17, 15) is 4.79 Å². The molecule has 2 aliphatic rings. The molecule has 2 atom stereocenters. The molecule has 7 nitrogen and oxygen atoms in total. The summed E-state index contributed by atoms with van der Waals surface area (Å²) in [5.74, 6) is 1.38. The summed E-state index contributed by atoms with van der Waals surface area (Å²) < 4.78 is 5.47. The maximum atomic E-state index is 12.8. The van der Waals surface area contributed by atoms with E-state index in [1.807, 2.05) is 42.7 Å². The molecule has 8 heteroatoms. The van der Waals surface area contributed by atoms with Gasteiger partial charge in [0.25, 0.3) is 5.91 Å². The fourth-order valence-corrected chi connectivity index (χ4v) is 4.02. The molecule has 0 saturated carbocycles. The lowest BCUT2D eigenvalue weighted by molar-refractivity contribution is 0.0917. The molecule has 27 heavy (non-hydrogen) atoms. The minimum Gasteiger partial charge on any atom is -0.464 e. The van der Waals surface area contributed by atoms with Gasteiger partial charge < -0.3 is 25.7 Å². The van der Waals surface area contributed by atoms with Gasteiger partial charge in [-0.05, 0) is 25.1 Å². The van der Waals surface area contributed by atoms with Crippen LogP contribution >= 0.6 is 11.3 Å². The van der Waals surface area contributed by atoms with E-state index in [2.05, 4.69) is 20.5 Å². The van der Waals surface area contributed by atoms with Crippen molar-refractivity contribution >= 4 is 28.6 Å². The molecule has 0 spiro atoms. The van der Waals surface area contributed by atoms with Crippen molar-refractivity contribution in [2.45, 2.75) is 18.5 Å². The quantitative estimate of drug-likeness (QED) is 0.740. The number of carbonyl (C=O) groups is 1. The van der Waals surface area contributed by atoms with Crippen LogP contribution in [0.2, 0.25) is 0 Å². The fraction of sp³-hybridized carbons (Fsp3) is 0.368. The first-order chi connectivity index (χ1) is 13.0. The van der Waals surface area contributed by atoms with Crippen LogP contribution < -0.4 is 21.3 Å². The van der Waals surface area contributed by atoms with Gasteiger partial charge in [0.1, 0.15) is 11.6 Å². The van der Waals surface area contributed by atoms with Crippen molar-refractivity contribution in [1.29, 1.82) is 0 Å². The van der Waals surface area contributed by atoms with Crippen LogP contribution in [-0.2, 0) is 0 Å². The third kappa shape index (κ3) is 3.69. The summed E-state index contributed by atoms with van der Waals surface area (Å²) in [5, 5.41) is 8.75. The van der Waals surface area contributed by atoms with Crippen LogP contribution in [0.1, 0.15) is 22.5 Å². The van der Waals surface area contributed by atoms with Crippen LogP contribution in [0.5, 0.6) is 0 Å². The summed E-state index contributed by atoms with van der Waals surface area (Å²) in [4.78, 5) is 19.5. The summed E-state index contributed by atoms with van der Waals surface area (Å²) in [6, 6.07) is 3.38. The Bertz CT molecular complexity index is 867. The zero-order valence-corrected chi connectivity index (χ0v) is 16.0. The second-order valence-corrected chi connectivity index (χ2v) is 7.80. The molecule has 2 aromatic rings. The molecule has 1 fully saturated rings. The second-order valence-electron chi connectivity index (χ2n) is 6.95. The summed E-state index contributed by atoms with van der Waals surface area (Å²) in [5.41, 5.74) is 6.43. The number of thiazole rings is 1. The molecule has 4 N–H and O–H groups in total. The predicted molar refractivity (Wildman–Crippen MR) is 107 cm³/mol. The fourth-order valence-electron chi connectivity index (χ4n) is 3.30. The van der Waals surface area contributed by atoms with E-state index in [1.54, 1.807) is 6.26 Å². The number of aromatic nitrogens is 1. The Morgan fingerprint density at radius 1 is 1.48 bits per heavy atom. The number of nitrogens with zero attached hydrogens (tertiary/aromatic N) is 2. The molecule has 1 saturated heterocycles. The molecule has 4 rings (SSSR count). The van der Waals surface area contributed by atoms with Gasteiger partial charge in [0.05, 0.1) is 11.8 Å². The van der Waals surface area contributed by atoms with Crippen molar-refractivity contribution in [1.82, 2.24) is 15.6 Å². The van der Waals surface area contributed by atoms with Crippen LogP contribution in [0, 0.1) is 0 Å². The average Bonchev–Trinajstić information content (AvgIpc) is 3.37. The molecule has 0 aromatic carbocycles. The van der Waals surface area contributed by atoms with Crippen molar-refractivity contribution in [2.75, 3.05) is 31.1 Å². The van der Waals surface area contributed by atoms with Gasteiger partial charge in [-0.1, -0.05) is 12.2 Å². The topological polar surface area (TPSA) is 96.4 Å². The monoisotopic (exact) mass is 385 g/mol. The zero-order chi connectivity index (χ0) is 18.9. The van der Waals surface area contributed by atoms with Crippen LogP contribution in [0.3, 0.4) is 0 Å². The lowest BCUT2D eigenvalue weighted by Gasteiger charge is -2.34. The molecule has 0 radical (unpaired) electrons. The van der Waals surface area contributed by atoms with E-state index in [4.69, 9.17) is 10.2 Å². The second kappa shape index (κ2) is 7.30. The summed E-state index contributed by atoms with van der Waals surface area (Å²) >= 11 is 1.36. The number of furan rings is 1. The number of hydrogen-bond acceptors (Lipinski definition) is 7. The largest absolute Gasteiger partial charge is 0.464 e. The number of allylic oxidation sites excluding steroid dienone is 2. The van der Waals surface area contributed by atoms with Gasteiger partial charge in [0.15, 0.2) is 5.01 Å². The minimum atomic E-state index is -0.727. The average molecular weight is 385 g/mol. The summed E-state index contributed by atoms with van der Waals surface area (Å²) in [7, 11) is 0. The first kappa shape index (κ1) is 18.0. The Morgan fingerprint density at radius 2 is 2.30 bits per heavy atom. The number of rotatable bonds is 4. The van der Waals surface area contributed by atoms with Crippen LogP contribution in [-0.4, -0.2) is 48.7 Å². The van der Waals surface area contributed by atoms with Gasteiger partial charge in [-0.25, -0.2) is 4.98 Å².